The second kappa shape index (κ2) is 6.53. The Hall–Kier alpha value is -2.16. The van der Waals surface area contributed by atoms with Crippen molar-refractivity contribution in [2.75, 3.05) is 13.1 Å². The average Bonchev–Trinajstić information content (AvgIpc) is 2.35. The Labute approximate surface area is 117 Å². The van der Waals surface area contributed by atoms with E-state index in [0.717, 1.165) is 11.0 Å². The lowest BCUT2D eigenvalue weighted by atomic mass is 10.0. The highest BCUT2D eigenvalue weighted by Gasteiger charge is 2.31. The number of nitrogens with zero attached hydrogens (tertiary/aromatic N) is 2. The van der Waals surface area contributed by atoms with Gasteiger partial charge in [-0.25, -0.2) is 4.79 Å². The van der Waals surface area contributed by atoms with E-state index in [1.54, 1.807) is 0 Å². The third-order valence-corrected chi connectivity index (χ3v) is 2.78. The molecular weight excluding hydrogens is 293 g/mol. The molecule has 0 radical (unpaired) electrons. The number of aromatic carboxylic acids is 1. The van der Waals surface area contributed by atoms with Crippen molar-refractivity contribution < 1.29 is 28.0 Å². The van der Waals surface area contributed by atoms with Gasteiger partial charge in [0.05, 0.1) is 11.5 Å². The quantitative estimate of drug-likeness (QED) is 0.645. The van der Waals surface area contributed by atoms with Crippen LogP contribution in [0.5, 0.6) is 0 Å². The summed E-state index contributed by atoms with van der Waals surface area (Å²) in [6, 6.07) is 3.53. The van der Waals surface area contributed by atoms with Gasteiger partial charge in [0, 0.05) is 12.6 Å². The lowest BCUT2D eigenvalue weighted by molar-refractivity contribution is -0.385. The number of alkyl halides is 3. The summed E-state index contributed by atoms with van der Waals surface area (Å²) in [6.07, 6.45) is -4.43. The molecule has 0 atom stereocenters. The first kappa shape index (κ1) is 16.9. The van der Waals surface area contributed by atoms with E-state index < -0.39 is 34.9 Å². The van der Waals surface area contributed by atoms with Crippen molar-refractivity contribution in [3.8, 4) is 0 Å². The highest BCUT2D eigenvalue weighted by atomic mass is 19.4. The lowest BCUT2D eigenvalue weighted by Crippen LogP contribution is -2.34. The van der Waals surface area contributed by atoms with Crippen LogP contribution in [0.1, 0.15) is 22.8 Å². The first-order valence-corrected chi connectivity index (χ1v) is 5.94. The zero-order chi connectivity index (χ0) is 16.2. The zero-order valence-corrected chi connectivity index (χ0v) is 11.1. The van der Waals surface area contributed by atoms with Crippen LogP contribution in [0.4, 0.5) is 18.9 Å². The maximum atomic E-state index is 12.4. The molecule has 1 N–H and O–H groups in total. The number of nitro benzene ring substituents is 1. The summed E-state index contributed by atoms with van der Waals surface area (Å²) in [5.41, 5.74) is -1.24. The lowest BCUT2D eigenvalue weighted by Gasteiger charge is -2.22. The summed E-state index contributed by atoms with van der Waals surface area (Å²) in [7, 11) is 0. The Morgan fingerprint density at radius 3 is 2.48 bits per heavy atom. The maximum Gasteiger partial charge on any atom is 0.401 e. The van der Waals surface area contributed by atoms with Crippen LogP contribution in [-0.2, 0) is 6.54 Å². The normalized spacial score (nSPS) is 11.7. The largest absolute Gasteiger partial charge is 0.477 e. The smallest absolute Gasteiger partial charge is 0.401 e. The van der Waals surface area contributed by atoms with Crippen LogP contribution >= 0.6 is 0 Å². The third-order valence-electron chi connectivity index (χ3n) is 2.78. The molecule has 6 nitrogen and oxygen atoms in total. The van der Waals surface area contributed by atoms with Crippen molar-refractivity contribution in [3.63, 3.8) is 0 Å². The number of rotatable bonds is 6. The number of benzene rings is 1. The topological polar surface area (TPSA) is 83.7 Å². The van der Waals surface area contributed by atoms with Crippen molar-refractivity contribution in [3.05, 3.63) is 39.4 Å². The molecule has 0 aliphatic heterocycles. The first-order valence-electron chi connectivity index (χ1n) is 5.94. The molecular formula is C12H13F3N2O4. The monoisotopic (exact) mass is 306 g/mol. The summed E-state index contributed by atoms with van der Waals surface area (Å²) >= 11 is 0. The van der Waals surface area contributed by atoms with Gasteiger partial charge in [-0.15, -0.1) is 0 Å². The molecule has 1 aromatic rings. The molecule has 0 fully saturated rings. The summed E-state index contributed by atoms with van der Waals surface area (Å²) < 4.78 is 37.2. The van der Waals surface area contributed by atoms with E-state index >= 15 is 0 Å². The van der Waals surface area contributed by atoms with Gasteiger partial charge < -0.3 is 5.11 Å². The van der Waals surface area contributed by atoms with Crippen LogP contribution < -0.4 is 0 Å². The molecule has 0 spiro atoms. The molecule has 0 aliphatic rings. The number of carboxylic acids is 1. The van der Waals surface area contributed by atoms with Crippen molar-refractivity contribution >= 4 is 11.7 Å². The van der Waals surface area contributed by atoms with E-state index in [1.807, 2.05) is 0 Å². The highest BCUT2D eigenvalue weighted by molar-refractivity contribution is 5.94. The van der Waals surface area contributed by atoms with Gasteiger partial charge in [0.1, 0.15) is 5.56 Å². The van der Waals surface area contributed by atoms with Crippen molar-refractivity contribution in [1.29, 1.82) is 0 Å². The summed E-state index contributed by atoms with van der Waals surface area (Å²) in [5, 5.41) is 19.9. The van der Waals surface area contributed by atoms with Gasteiger partial charge in [-0.1, -0.05) is 19.1 Å². The number of carboxylic acid groups (broad SMARTS) is 1. The fraction of sp³-hybridized carbons (Fsp3) is 0.417. The van der Waals surface area contributed by atoms with E-state index in [1.165, 1.54) is 19.1 Å². The van der Waals surface area contributed by atoms with Crippen LogP contribution in [0.3, 0.4) is 0 Å². The molecule has 0 saturated carbocycles. The van der Waals surface area contributed by atoms with Gasteiger partial charge >= 0.3 is 12.1 Å². The molecule has 116 valence electrons. The van der Waals surface area contributed by atoms with Gasteiger partial charge in [-0.2, -0.15) is 13.2 Å². The summed E-state index contributed by atoms with van der Waals surface area (Å²) in [6.45, 7) is -0.0324. The van der Waals surface area contributed by atoms with Crippen molar-refractivity contribution in [2.24, 2.45) is 0 Å². The van der Waals surface area contributed by atoms with Crippen molar-refractivity contribution in [1.82, 2.24) is 4.90 Å². The van der Waals surface area contributed by atoms with Crippen LogP contribution in [0.15, 0.2) is 18.2 Å². The minimum Gasteiger partial charge on any atom is -0.477 e. The van der Waals surface area contributed by atoms with Crippen LogP contribution in [-0.4, -0.2) is 40.2 Å². The highest BCUT2D eigenvalue weighted by Crippen LogP contribution is 2.25. The molecule has 1 aromatic carbocycles. The third kappa shape index (κ3) is 4.71. The Balaban J connectivity index is 3.15. The number of hydrogen-bond acceptors (Lipinski definition) is 4. The molecule has 0 amide bonds. The second-order valence-corrected chi connectivity index (χ2v) is 4.29. The van der Waals surface area contributed by atoms with E-state index in [-0.39, 0.29) is 18.7 Å². The van der Waals surface area contributed by atoms with Crippen LogP contribution in [0.2, 0.25) is 0 Å². The summed E-state index contributed by atoms with van der Waals surface area (Å²) in [5.74, 6) is -1.54. The maximum absolute atomic E-state index is 12.4. The van der Waals surface area contributed by atoms with Gasteiger partial charge in [-0.3, -0.25) is 15.0 Å². The van der Waals surface area contributed by atoms with Crippen molar-refractivity contribution in [2.45, 2.75) is 19.6 Å². The number of nitro groups is 1. The summed E-state index contributed by atoms with van der Waals surface area (Å²) in [4.78, 5) is 22.1. The molecule has 0 bridgehead atoms. The SMILES string of the molecule is CCN(Cc1cccc([N+](=O)[O-])c1C(=O)O)CC(F)(F)F. The van der Waals surface area contributed by atoms with Gasteiger partial charge in [0.25, 0.3) is 5.69 Å². The fourth-order valence-electron chi connectivity index (χ4n) is 1.89. The number of carbonyl (C=O) groups is 1. The van der Waals surface area contributed by atoms with Gasteiger partial charge in [0.15, 0.2) is 0 Å². The molecule has 0 aromatic heterocycles. The van der Waals surface area contributed by atoms with Crippen LogP contribution in [0, 0.1) is 10.1 Å². The zero-order valence-electron chi connectivity index (χ0n) is 11.1. The van der Waals surface area contributed by atoms with E-state index in [2.05, 4.69) is 0 Å². The van der Waals surface area contributed by atoms with E-state index in [4.69, 9.17) is 5.11 Å². The molecule has 0 heterocycles. The molecule has 0 saturated heterocycles. The Bertz CT molecular complexity index is 546. The number of halogens is 3. The predicted octanol–water partition coefficient (Wildman–Crippen LogP) is 2.68. The average molecular weight is 306 g/mol. The van der Waals surface area contributed by atoms with E-state index in [0.29, 0.717) is 0 Å². The second-order valence-electron chi connectivity index (χ2n) is 4.29. The predicted molar refractivity (Wildman–Crippen MR) is 67.1 cm³/mol. The molecule has 0 aliphatic carbocycles. The Kier molecular flexibility index (Phi) is 5.25. The standard InChI is InChI=1S/C12H13F3N2O4/c1-2-16(7-12(13,14)15)6-8-4-3-5-9(17(20)21)10(8)11(18)19/h3-5H,2,6-7H2,1H3,(H,18,19). The fourth-order valence-corrected chi connectivity index (χ4v) is 1.89. The minimum absolute atomic E-state index is 0.0252. The Morgan fingerprint density at radius 2 is 2.05 bits per heavy atom. The van der Waals surface area contributed by atoms with Gasteiger partial charge in [-0.05, 0) is 12.1 Å². The molecule has 21 heavy (non-hydrogen) atoms. The molecule has 0 unspecified atom stereocenters. The molecule has 9 heteroatoms. The first-order chi connectivity index (χ1) is 9.65. The minimum atomic E-state index is -4.43. The number of hydrogen-bond donors (Lipinski definition) is 1. The van der Waals surface area contributed by atoms with Crippen LogP contribution in [0.25, 0.3) is 0 Å². The van der Waals surface area contributed by atoms with E-state index in [9.17, 15) is 28.1 Å². The molecule has 1 rings (SSSR count). The van der Waals surface area contributed by atoms with Gasteiger partial charge in [0.2, 0.25) is 0 Å². The Morgan fingerprint density at radius 1 is 1.43 bits per heavy atom.